The fourth-order valence-electron chi connectivity index (χ4n) is 3.16. The fourth-order valence-corrected chi connectivity index (χ4v) is 3.16. The Morgan fingerprint density at radius 2 is 2.07 bits per heavy atom. The van der Waals surface area contributed by atoms with Gasteiger partial charge in [-0.05, 0) is 59.8 Å². The Kier molecular flexibility index (Phi) is 4.61. The van der Waals surface area contributed by atoms with Gasteiger partial charge in [0.1, 0.15) is 0 Å². The first kappa shape index (κ1) is 16.9. The number of hydrogen-bond donors (Lipinski definition) is 3. The molecule has 2 heterocycles. The highest BCUT2D eigenvalue weighted by atomic mass is 16.2. The van der Waals surface area contributed by atoms with Crippen LogP contribution in [0.4, 0.5) is 16.2 Å². The van der Waals surface area contributed by atoms with Crippen LogP contribution in [-0.4, -0.2) is 30.0 Å². The third-order valence-corrected chi connectivity index (χ3v) is 4.51. The Bertz CT molecular complexity index is 1020. The van der Waals surface area contributed by atoms with E-state index in [-0.39, 0.29) is 11.9 Å². The summed E-state index contributed by atoms with van der Waals surface area (Å²) in [6, 6.07) is 15.2. The fraction of sp³-hybridized carbons (Fsp3) is 0.143. The van der Waals surface area contributed by atoms with Crippen molar-refractivity contribution in [3.05, 3.63) is 66.4 Å². The minimum absolute atomic E-state index is 0.107. The Labute approximate surface area is 156 Å². The van der Waals surface area contributed by atoms with Crippen molar-refractivity contribution in [3.63, 3.8) is 0 Å². The number of amides is 3. The quantitative estimate of drug-likeness (QED) is 0.620. The van der Waals surface area contributed by atoms with E-state index in [4.69, 9.17) is 0 Å². The van der Waals surface area contributed by atoms with Gasteiger partial charge in [0, 0.05) is 42.3 Å². The summed E-state index contributed by atoms with van der Waals surface area (Å²) in [4.78, 5) is 29.1. The number of fused-ring (bicyclic) bond motifs is 1. The topological polar surface area (TPSA) is 77.2 Å². The van der Waals surface area contributed by atoms with E-state index in [1.165, 1.54) is 6.08 Å². The molecule has 0 saturated carbocycles. The lowest BCUT2D eigenvalue weighted by Crippen LogP contribution is -2.46. The summed E-state index contributed by atoms with van der Waals surface area (Å²) in [6.45, 7) is 1.37. The minimum Gasteiger partial charge on any atom is -0.361 e. The molecule has 0 spiro atoms. The third-order valence-electron chi connectivity index (χ3n) is 4.51. The summed E-state index contributed by atoms with van der Waals surface area (Å²) in [5, 5.41) is 6.78. The number of urea groups is 1. The molecule has 2 aromatic carbocycles. The Morgan fingerprint density at radius 1 is 1.15 bits per heavy atom. The van der Waals surface area contributed by atoms with E-state index in [2.05, 4.69) is 15.6 Å². The summed E-state index contributed by atoms with van der Waals surface area (Å²) in [5.41, 5.74) is 3.44. The van der Waals surface area contributed by atoms with Gasteiger partial charge in [0.05, 0.1) is 0 Å². The van der Waals surface area contributed by atoms with Crippen molar-refractivity contribution in [2.45, 2.75) is 6.42 Å². The molecule has 3 amide bonds. The molecule has 1 fully saturated rings. The van der Waals surface area contributed by atoms with Crippen molar-refractivity contribution < 1.29 is 9.59 Å². The molecule has 1 aliphatic heterocycles. The first-order valence-corrected chi connectivity index (χ1v) is 8.91. The van der Waals surface area contributed by atoms with Crippen LogP contribution >= 0.6 is 0 Å². The Hall–Kier alpha value is -3.54. The average molecular weight is 360 g/mol. The van der Waals surface area contributed by atoms with Crippen LogP contribution in [0.3, 0.4) is 0 Å². The highest BCUT2D eigenvalue weighted by Gasteiger charge is 2.19. The summed E-state index contributed by atoms with van der Waals surface area (Å²) >= 11 is 0. The number of aromatic amines is 1. The number of carbonyl (C=O) groups is 2. The number of hydrogen-bond acceptors (Lipinski definition) is 2. The van der Waals surface area contributed by atoms with Crippen molar-refractivity contribution >= 4 is 40.3 Å². The SMILES string of the molecule is O=C(/C=C/c1ccc2[nH]ccc2c1)Nc1cccc(N2CCCNC2=O)c1. The molecule has 4 rings (SSSR count). The van der Waals surface area contributed by atoms with Gasteiger partial charge in [-0.3, -0.25) is 9.69 Å². The van der Waals surface area contributed by atoms with E-state index < -0.39 is 0 Å². The van der Waals surface area contributed by atoms with Gasteiger partial charge in [-0.1, -0.05) is 12.1 Å². The highest BCUT2D eigenvalue weighted by molar-refractivity contribution is 6.03. The first-order valence-electron chi connectivity index (χ1n) is 8.91. The maximum atomic E-state index is 12.3. The molecular weight excluding hydrogens is 340 g/mol. The van der Waals surface area contributed by atoms with Crippen LogP contribution in [0, 0.1) is 0 Å². The zero-order valence-electron chi connectivity index (χ0n) is 14.7. The number of aromatic nitrogens is 1. The Morgan fingerprint density at radius 3 is 2.96 bits per heavy atom. The van der Waals surface area contributed by atoms with E-state index in [1.807, 2.05) is 54.7 Å². The van der Waals surface area contributed by atoms with Gasteiger partial charge in [-0.2, -0.15) is 0 Å². The Balaban J connectivity index is 1.44. The smallest absolute Gasteiger partial charge is 0.321 e. The number of nitrogens with one attached hydrogen (secondary N) is 3. The van der Waals surface area contributed by atoms with E-state index in [1.54, 1.807) is 11.0 Å². The van der Waals surface area contributed by atoms with Gasteiger partial charge < -0.3 is 15.6 Å². The molecule has 6 nitrogen and oxygen atoms in total. The molecule has 3 aromatic rings. The molecular formula is C21H20N4O2. The largest absolute Gasteiger partial charge is 0.361 e. The highest BCUT2D eigenvalue weighted by Crippen LogP contribution is 2.21. The molecule has 6 heteroatoms. The molecule has 0 radical (unpaired) electrons. The monoisotopic (exact) mass is 360 g/mol. The van der Waals surface area contributed by atoms with Gasteiger partial charge in [0.25, 0.3) is 0 Å². The molecule has 1 aliphatic rings. The molecule has 1 aromatic heterocycles. The van der Waals surface area contributed by atoms with Gasteiger partial charge in [-0.15, -0.1) is 0 Å². The van der Waals surface area contributed by atoms with E-state index in [0.717, 1.165) is 28.6 Å². The number of H-pyrrole nitrogens is 1. The number of nitrogens with zero attached hydrogens (tertiary/aromatic N) is 1. The van der Waals surface area contributed by atoms with Crippen LogP contribution in [0.1, 0.15) is 12.0 Å². The van der Waals surface area contributed by atoms with Crippen LogP contribution in [0.2, 0.25) is 0 Å². The summed E-state index contributed by atoms with van der Waals surface area (Å²) < 4.78 is 0. The normalized spacial score (nSPS) is 14.5. The minimum atomic E-state index is -0.218. The lowest BCUT2D eigenvalue weighted by Gasteiger charge is -2.27. The van der Waals surface area contributed by atoms with Gasteiger partial charge >= 0.3 is 6.03 Å². The molecule has 3 N–H and O–H groups in total. The number of benzene rings is 2. The number of carbonyl (C=O) groups excluding carboxylic acids is 2. The molecule has 1 saturated heterocycles. The van der Waals surface area contributed by atoms with E-state index in [0.29, 0.717) is 18.8 Å². The van der Waals surface area contributed by atoms with Crippen LogP contribution in [0.15, 0.2) is 60.8 Å². The van der Waals surface area contributed by atoms with Crippen molar-refractivity contribution in [1.29, 1.82) is 0 Å². The van der Waals surface area contributed by atoms with Crippen molar-refractivity contribution in [3.8, 4) is 0 Å². The van der Waals surface area contributed by atoms with Gasteiger partial charge in [0.2, 0.25) is 5.91 Å². The van der Waals surface area contributed by atoms with Crippen LogP contribution in [-0.2, 0) is 4.79 Å². The predicted molar refractivity (Wildman–Crippen MR) is 108 cm³/mol. The average Bonchev–Trinajstić information content (AvgIpc) is 3.15. The summed E-state index contributed by atoms with van der Waals surface area (Å²) in [7, 11) is 0. The maximum Gasteiger partial charge on any atom is 0.321 e. The second-order valence-corrected chi connectivity index (χ2v) is 6.43. The van der Waals surface area contributed by atoms with Gasteiger partial charge in [0.15, 0.2) is 0 Å². The molecule has 0 aliphatic carbocycles. The lowest BCUT2D eigenvalue weighted by molar-refractivity contribution is -0.111. The third kappa shape index (κ3) is 3.84. The standard InChI is InChI=1S/C21H20N4O2/c26-20(8-6-15-5-7-19-16(13-15)9-11-22-19)24-17-3-1-4-18(14-17)25-12-2-10-23-21(25)27/h1,3-9,11,13-14,22H,2,10,12H2,(H,23,27)(H,24,26)/b8-6+. The zero-order valence-corrected chi connectivity index (χ0v) is 14.7. The zero-order chi connectivity index (χ0) is 18.6. The molecule has 27 heavy (non-hydrogen) atoms. The van der Waals surface area contributed by atoms with Crippen LogP contribution < -0.4 is 15.5 Å². The molecule has 0 bridgehead atoms. The molecule has 136 valence electrons. The van der Waals surface area contributed by atoms with Crippen molar-refractivity contribution in [2.24, 2.45) is 0 Å². The lowest BCUT2D eigenvalue weighted by atomic mass is 10.1. The molecule has 0 unspecified atom stereocenters. The maximum absolute atomic E-state index is 12.3. The molecule has 0 atom stereocenters. The van der Waals surface area contributed by atoms with E-state index in [9.17, 15) is 9.59 Å². The predicted octanol–water partition coefficient (Wildman–Crippen LogP) is 3.74. The summed E-state index contributed by atoms with van der Waals surface area (Å²) in [6.07, 6.45) is 6.08. The van der Waals surface area contributed by atoms with Crippen LogP contribution in [0.5, 0.6) is 0 Å². The summed E-state index contributed by atoms with van der Waals surface area (Å²) in [5.74, 6) is -0.218. The number of rotatable bonds is 4. The second-order valence-electron chi connectivity index (χ2n) is 6.43. The van der Waals surface area contributed by atoms with Gasteiger partial charge in [-0.25, -0.2) is 4.79 Å². The van der Waals surface area contributed by atoms with Crippen molar-refractivity contribution in [2.75, 3.05) is 23.3 Å². The van der Waals surface area contributed by atoms with Crippen molar-refractivity contribution in [1.82, 2.24) is 10.3 Å². The number of anilines is 2. The van der Waals surface area contributed by atoms with E-state index >= 15 is 0 Å². The first-order chi connectivity index (χ1) is 13.2. The van der Waals surface area contributed by atoms with Crippen LogP contribution in [0.25, 0.3) is 17.0 Å². The second kappa shape index (κ2) is 7.37.